The second-order valence-electron chi connectivity index (χ2n) is 4.84. The molecule has 0 spiro atoms. The van der Waals surface area contributed by atoms with E-state index in [1.807, 2.05) is 0 Å². The zero-order valence-electron chi connectivity index (χ0n) is 10.7. The summed E-state index contributed by atoms with van der Waals surface area (Å²) in [6.45, 7) is 4.44. The zero-order chi connectivity index (χ0) is 11.9. The highest BCUT2D eigenvalue weighted by Gasteiger charge is 2.22. The van der Waals surface area contributed by atoms with Gasteiger partial charge in [-0.15, -0.1) is 0 Å². The molecule has 0 saturated heterocycles. The van der Waals surface area contributed by atoms with Crippen molar-refractivity contribution < 1.29 is 0 Å². The predicted octanol–water partition coefficient (Wildman–Crippen LogP) is 3.92. The predicted molar refractivity (Wildman–Crippen MR) is 71.5 cm³/mol. The van der Waals surface area contributed by atoms with Gasteiger partial charge in [-0.05, 0) is 24.8 Å². The van der Waals surface area contributed by atoms with Crippen molar-refractivity contribution in [2.24, 2.45) is 5.73 Å². The minimum absolute atomic E-state index is 0.00345. The average molecular weight is 219 g/mol. The van der Waals surface area contributed by atoms with Crippen LogP contribution in [0.5, 0.6) is 0 Å². The largest absolute Gasteiger partial charge is 0.325 e. The molecule has 0 heterocycles. The minimum atomic E-state index is -0.00345. The SMILES string of the molecule is CCCCCC(N)(CC)Cc1ccccc1. The van der Waals surface area contributed by atoms with Crippen LogP contribution >= 0.6 is 0 Å². The van der Waals surface area contributed by atoms with E-state index in [2.05, 4.69) is 44.2 Å². The van der Waals surface area contributed by atoms with Crippen LogP contribution in [0.1, 0.15) is 51.5 Å². The molecule has 1 aromatic carbocycles. The van der Waals surface area contributed by atoms with Gasteiger partial charge in [0.25, 0.3) is 0 Å². The van der Waals surface area contributed by atoms with E-state index in [1.54, 1.807) is 0 Å². The Kier molecular flexibility index (Phi) is 5.54. The number of hydrogen-bond donors (Lipinski definition) is 1. The molecule has 0 radical (unpaired) electrons. The molecule has 1 nitrogen and oxygen atoms in total. The second-order valence-corrected chi connectivity index (χ2v) is 4.84. The molecule has 1 unspecified atom stereocenters. The van der Waals surface area contributed by atoms with E-state index < -0.39 is 0 Å². The Morgan fingerprint density at radius 1 is 1.06 bits per heavy atom. The quantitative estimate of drug-likeness (QED) is 0.691. The molecule has 0 fully saturated rings. The van der Waals surface area contributed by atoms with E-state index in [0.717, 1.165) is 19.3 Å². The monoisotopic (exact) mass is 219 g/mol. The van der Waals surface area contributed by atoms with Gasteiger partial charge in [-0.2, -0.15) is 0 Å². The molecule has 1 heteroatoms. The van der Waals surface area contributed by atoms with Gasteiger partial charge in [-0.1, -0.05) is 63.4 Å². The first kappa shape index (κ1) is 13.2. The maximum atomic E-state index is 6.47. The second kappa shape index (κ2) is 6.70. The maximum absolute atomic E-state index is 6.47. The van der Waals surface area contributed by atoms with E-state index in [1.165, 1.54) is 24.8 Å². The number of hydrogen-bond acceptors (Lipinski definition) is 1. The zero-order valence-corrected chi connectivity index (χ0v) is 10.7. The average Bonchev–Trinajstić information content (AvgIpc) is 2.31. The Hall–Kier alpha value is -0.820. The fourth-order valence-corrected chi connectivity index (χ4v) is 2.12. The Balaban J connectivity index is 2.52. The molecule has 1 atom stereocenters. The molecule has 0 aliphatic carbocycles. The van der Waals surface area contributed by atoms with Gasteiger partial charge >= 0.3 is 0 Å². The molecule has 1 rings (SSSR count). The molecule has 16 heavy (non-hydrogen) atoms. The molecular weight excluding hydrogens is 194 g/mol. The van der Waals surface area contributed by atoms with Crippen molar-refractivity contribution in [1.82, 2.24) is 0 Å². The van der Waals surface area contributed by atoms with Gasteiger partial charge in [-0.25, -0.2) is 0 Å². The minimum Gasteiger partial charge on any atom is -0.325 e. The molecule has 0 saturated carbocycles. The summed E-state index contributed by atoms with van der Waals surface area (Å²) in [7, 11) is 0. The van der Waals surface area contributed by atoms with Crippen molar-refractivity contribution in [3.8, 4) is 0 Å². The fraction of sp³-hybridized carbons (Fsp3) is 0.600. The van der Waals surface area contributed by atoms with Gasteiger partial charge in [0.15, 0.2) is 0 Å². The van der Waals surface area contributed by atoms with Crippen molar-refractivity contribution in [2.75, 3.05) is 0 Å². The van der Waals surface area contributed by atoms with E-state index >= 15 is 0 Å². The number of unbranched alkanes of at least 4 members (excludes halogenated alkanes) is 2. The smallest absolute Gasteiger partial charge is 0.0192 e. The molecule has 90 valence electrons. The molecule has 0 bridgehead atoms. The van der Waals surface area contributed by atoms with Crippen LogP contribution in [0.3, 0.4) is 0 Å². The first-order chi connectivity index (χ1) is 7.70. The third-order valence-corrected chi connectivity index (χ3v) is 3.38. The summed E-state index contributed by atoms with van der Waals surface area (Å²) in [6.07, 6.45) is 7.04. The normalized spacial score (nSPS) is 14.7. The highest BCUT2D eigenvalue weighted by Crippen LogP contribution is 2.21. The lowest BCUT2D eigenvalue weighted by Crippen LogP contribution is -2.41. The van der Waals surface area contributed by atoms with E-state index in [4.69, 9.17) is 5.73 Å². The van der Waals surface area contributed by atoms with Gasteiger partial charge in [0.05, 0.1) is 0 Å². The topological polar surface area (TPSA) is 26.0 Å². The Morgan fingerprint density at radius 3 is 2.31 bits per heavy atom. The van der Waals surface area contributed by atoms with Crippen LogP contribution in [0.15, 0.2) is 30.3 Å². The molecule has 2 N–H and O–H groups in total. The van der Waals surface area contributed by atoms with Gasteiger partial charge in [0, 0.05) is 5.54 Å². The summed E-state index contributed by atoms with van der Waals surface area (Å²) in [4.78, 5) is 0. The lowest BCUT2D eigenvalue weighted by atomic mass is 9.84. The van der Waals surface area contributed by atoms with Gasteiger partial charge < -0.3 is 5.73 Å². The van der Waals surface area contributed by atoms with Gasteiger partial charge in [0.1, 0.15) is 0 Å². The van der Waals surface area contributed by atoms with Crippen molar-refractivity contribution in [2.45, 2.75) is 57.9 Å². The summed E-state index contributed by atoms with van der Waals surface area (Å²) in [6, 6.07) is 10.6. The number of nitrogens with two attached hydrogens (primary N) is 1. The summed E-state index contributed by atoms with van der Waals surface area (Å²) in [5.41, 5.74) is 7.83. The van der Waals surface area contributed by atoms with Crippen molar-refractivity contribution in [1.29, 1.82) is 0 Å². The van der Waals surface area contributed by atoms with Crippen LogP contribution in [-0.2, 0) is 6.42 Å². The first-order valence-electron chi connectivity index (χ1n) is 6.53. The van der Waals surface area contributed by atoms with Crippen molar-refractivity contribution in [3.05, 3.63) is 35.9 Å². The summed E-state index contributed by atoms with van der Waals surface area (Å²) >= 11 is 0. The van der Waals surface area contributed by atoms with Crippen LogP contribution in [0.4, 0.5) is 0 Å². The molecule has 0 aliphatic heterocycles. The van der Waals surface area contributed by atoms with Crippen LogP contribution in [0, 0.1) is 0 Å². The van der Waals surface area contributed by atoms with Crippen molar-refractivity contribution >= 4 is 0 Å². The lowest BCUT2D eigenvalue weighted by Gasteiger charge is -2.28. The number of benzene rings is 1. The molecule has 1 aromatic rings. The summed E-state index contributed by atoms with van der Waals surface area (Å²) < 4.78 is 0. The third-order valence-electron chi connectivity index (χ3n) is 3.38. The molecule has 0 aromatic heterocycles. The third kappa shape index (κ3) is 4.36. The standard InChI is InChI=1S/C15H25N/c1-3-5-9-12-15(16,4-2)13-14-10-7-6-8-11-14/h6-8,10-11H,3-5,9,12-13,16H2,1-2H3. The van der Waals surface area contributed by atoms with Gasteiger partial charge in [0.2, 0.25) is 0 Å². The Morgan fingerprint density at radius 2 is 1.75 bits per heavy atom. The Bertz CT molecular complexity index is 281. The van der Waals surface area contributed by atoms with Crippen LogP contribution in [-0.4, -0.2) is 5.54 Å². The summed E-state index contributed by atoms with van der Waals surface area (Å²) in [5, 5.41) is 0. The van der Waals surface area contributed by atoms with E-state index in [9.17, 15) is 0 Å². The maximum Gasteiger partial charge on any atom is 0.0192 e. The van der Waals surface area contributed by atoms with Gasteiger partial charge in [-0.3, -0.25) is 0 Å². The lowest BCUT2D eigenvalue weighted by molar-refractivity contribution is 0.361. The van der Waals surface area contributed by atoms with E-state index in [-0.39, 0.29) is 5.54 Å². The molecule has 0 amide bonds. The van der Waals surface area contributed by atoms with Crippen LogP contribution < -0.4 is 5.73 Å². The first-order valence-corrected chi connectivity index (χ1v) is 6.53. The molecule has 0 aliphatic rings. The number of rotatable bonds is 7. The highest BCUT2D eigenvalue weighted by atomic mass is 14.7. The molecular formula is C15H25N. The summed E-state index contributed by atoms with van der Waals surface area (Å²) in [5.74, 6) is 0. The van der Waals surface area contributed by atoms with E-state index in [0.29, 0.717) is 0 Å². The van der Waals surface area contributed by atoms with Crippen molar-refractivity contribution in [3.63, 3.8) is 0 Å². The highest BCUT2D eigenvalue weighted by molar-refractivity contribution is 5.17. The Labute approximate surface area is 100 Å². The van der Waals surface area contributed by atoms with Crippen LogP contribution in [0.25, 0.3) is 0 Å². The fourth-order valence-electron chi connectivity index (χ4n) is 2.12. The van der Waals surface area contributed by atoms with Crippen LogP contribution in [0.2, 0.25) is 0 Å².